The zero-order chi connectivity index (χ0) is 13.3. The minimum absolute atomic E-state index is 0.307. The highest BCUT2D eigenvalue weighted by atomic mass is 32.1. The molecule has 0 amide bonds. The first-order chi connectivity index (χ1) is 9.20. The standard InChI is InChI=1S/C12H13N3O3S/c16-11(17)12(4-2-5-12)13-7-9-14-10(18-15-9)8-3-1-6-19-8/h1,3,6,13H,2,4-5,7H2,(H,16,17). The third kappa shape index (κ3) is 2.26. The van der Waals surface area contributed by atoms with Crippen molar-refractivity contribution in [1.82, 2.24) is 15.5 Å². The summed E-state index contributed by atoms with van der Waals surface area (Å²) in [7, 11) is 0. The normalized spacial score (nSPS) is 17.1. The monoisotopic (exact) mass is 279 g/mol. The number of aromatic nitrogens is 2. The first-order valence-corrected chi connectivity index (χ1v) is 6.92. The number of rotatable bonds is 5. The van der Waals surface area contributed by atoms with Gasteiger partial charge in [-0.15, -0.1) is 11.3 Å². The first kappa shape index (κ1) is 12.3. The lowest BCUT2D eigenvalue weighted by Crippen LogP contribution is -2.56. The van der Waals surface area contributed by atoms with E-state index in [2.05, 4.69) is 15.5 Å². The molecule has 2 heterocycles. The van der Waals surface area contributed by atoms with Gasteiger partial charge < -0.3 is 9.63 Å². The topological polar surface area (TPSA) is 88.2 Å². The molecule has 0 saturated heterocycles. The van der Waals surface area contributed by atoms with Crippen molar-refractivity contribution in [3.63, 3.8) is 0 Å². The zero-order valence-electron chi connectivity index (χ0n) is 10.1. The van der Waals surface area contributed by atoms with Crippen molar-refractivity contribution in [3.8, 4) is 10.8 Å². The van der Waals surface area contributed by atoms with E-state index in [0.717, 1.165) is 11.3 Å². The molecular formula is C12H13N3O3S. The largest absolute Gasteiger partial charge is 0.480 e. The van der Waals surface area contributed by atoms with E-state index in [4.69, 9.17) is 4.52 Å². The number of carbonyl (C=O) groups is 1. The van der Waals surface area contributed by atoms with E-state index < -0.39 is 11.5 Å². The number of nitrogens with zero attached hydrogens (tertiary/aromatic N) is 2. The fraction of sp³-hybridized carbons (Fsp3) is 0.417. The number of hydrogen-bond donors (Lipinski definition) is 2. The molecule has 7 heteroatoms. The van der Waals surface area contributed by atoms with Crippen molar-refractivity contribution < 1.29 is 14.4 Å². The summed E-state index contributed by atoms with van der Waals surface area (Å²) in [6.45, 7) is 0.307. The van der Waals surface area contributed by atoms with E-state index in [1.165, 1.54) is 11.3 Å². The van der Waals surface area contributed by atoms with E-state index >= 15 is 0 Å². The Balaban J connectivity index is 1.66. The van der Waals surface area contributed by atoms with E-state index in [-0.39, 0.29) is 0 Å². The van der Waals surface area contributed by atoms with Gasteiger partial charge in [-0.25, -0.2) is 0 Å². The van der Waals surface area contributed by atoms with Gasteiger partial charge in [-0.3, -0.25) is 10.1 Å². The Kier molecular flexibility index (Phi) is 3.08. The zero-order valence-corrected chi connectivity index (χ0v) is 10.9. The lowest BCUT2D eigenvalue weighted by Gasteiger charge is -2.38. The Morgan fingerprint density at radius 2 is 2.42 bits per heavy atom. The van der Waals surface area contributed by atoms with Crippen LogP contribution in [0.4, 0.5) is 0 Å². The van der Waals surface area contributed by atoms with E-state index in [0.29, 0.717) is 31.1 Å². The molecule has 6 nitrogen and oxygen atoms in total. The summed E-state index contributed by atoms with van der Waals surface area (Å²) in [6.07, 6.45) is 2.24. The number of nitrogens with one attached hydrogen (secondary N) is 1. The van der Waals surface area contributed by atoms with Gasteiger partial charge >= 0.3 is 5.97 Å². The van der Waals surface area contributed by atoms with Gasteiger partial charge in [0.2, 0.25) is 0 Å². The minimum atomic E-state index is -0.805. The van der Waals surface area contributed by atoms with Crippen LogP contribution >= 0.6 is 11.3 Å². The predicted molar refractivity (Wildman–Crippen MR) is 68.7 cm³/mol. The van der Waals surface area contributed by atoms with Gasteiger partial charge in [0.25, 0.3) is 5.89 Å². The van der Waals surface area contributed by atoms with Crippen LogP contribution in [0.3, 0.4) is 0 Å². The van der Waals surface area contributed by atoms with Crippen LogP contribution in [0.15, 0.2) is 22.0 Å². The summed E-state index contributed by atoms with van der Waals surface area (Å²) >= 11 is 1.52. The first-order valence-electron chi connectivity index (χ1n) is 6.04. The van der Waals surface area contributed by atoms with Crippen molar-refractivity contribution in [2.75, 3.05) is 0 Å². The van der Waals surface area contributed by atoms with E-state index in [1.807, 2.05) is 17.5 Å². The molecule has 0 unspecified atom stereocenters. The van der Waals surface area contributed by atoms with Crippen molar-refractivity contribution in [3.05, 3.63) is 23.3 Å². The van der Waals surface area contributed by atoms with Crippen molar-refractivity contribution in [2.45, 2.75) is 31.3 Å². The van der Waals surface area contributed by atoms with Crippen LogP contribution in [-0.4, -0.2) is 26.8 Å². The summed E-state index contributed by atoms with van der Waals surface area (Å²) in [4.78, 5) is 16.4. The second-order valence-corrected chi connectivity index (χ2v) is 5.54. The minimum Gasteiger partial charge on any atom is -0.480 e. The van der Waals surface area contributed by atoms with Gasteiger partial charge in [-0.2, -0.15) is 4.98 Å². The fourth-order valence-electron chi connectivity index (χ4n) is 2.07. The van der Waals surface area contributed by atoms with E-state index in [1.54, 1.807) is 0 Å². The lowest BCUT2D eigenvalue weighted by atomic mass is 9.77. The van der Waals surface area contributed by atoms with Crippen LogP contribution in [0.2, 0.25) is 0 Å². The summed E-state index contributed by atoms with van der Waals surface area (Å²) in [5, 5.41) is 18.0. The molecule has 1 aliphatic rings. The molecule has 1 aliphatic carbocycles. The Morgan fingerprint density at radius 1 is 1.58 bits per heavy atom. The molecule has 1 saturated carbocycles. The highest BCUT2D eigenvalue weighted by molar-refractivity contribution is 7.13. The Hall–Kier alpha value is -1.73. The van der Waals surface area contributed by atoms with Gasteiger partial charge in [-0.05, 0) is 30.7 Å². The molecule has 100 valence electrons. The average molecular weight is 279 g/mol. The van der Waals surface area contributed by atoms with Crippen LogP contribution in [-0.2, 0) is 11.3 Å². The van der Waals surface area contributed by atoms with Gasteiger partial charge in [0.15, 0.2) is 5.82 Å². The van der Waals surface area contributed by atoms with Crippen LogP contribution in [0.25, 0.3) is 10.8 Å². The number of carboxylic acid groups (broad SMARTS) is 1. The molecule has 2 aromatic rings. The van der Waals surface area contributed by atoms with Gasteiger partial charge in [0.05, 0.1) is 11.4 Å². The molecule has 0 aromatic carbocycles. The van der Waals surface area contributed by atoms with Crippen LogP contribution < -0.4 is 5.32 Å². The van der Waals surface area contributed by atoms with Crippen molar-refractivity contribution in [1.29, 1.82) is 0 Å². The van der Waals surface area contributed by atoms with Gasteiger partial charge in [0, 0.05) is 0 Å². The molecule has 0 atom stereocenters. The molecule has 3 rings (SSSR count). The lowest BCUT2D eigenvalue weighted by molar-refractivity contribution is -0.148. The maximum atomic E-state index is 11.2. The van der Waals surface area contributed by atoms with Crippen LogP contribution in [0.1, 0.15) is 25.1 Å². The number of aliphatic carboxylic acids is 1. The quantitative estimate of drug-likeness (QED) is 0.869. The smallest absolute Gasteiger partial charge is 0.323 e. The maximum absolute atomic E-state index is 11.2. The molecule has 2 aromatic heterocycles. The number of carboxylic acids is 1. The summed E-state index contributed by atoms with van der Waals surface area (Å²) in [5.41, 5.74) is -0.802. The van der Waals surface area contributed by atoms with Gasteiger partial charge in [0.1, 0.15) is 5.54 Å². The fourth-order valence-corrected chi connectivity index (χ4v) is 2.72. The third-order valence-corrected chi connectivity index (χ3v) is 4.26. The predicted octanol–water partition coefficient (Wildman–Crippen LogP) is 1.89. The molecule has 0 bridgehead atoms. The highest BCUT2D eigenvalue weighted by Gasteiger charge is 2.44. The summed E-state index contributed by atoms with van der Waals surface area (Å²) in [6, 6.07) is 3.82. The molecule has 19 heavy (non-hydrogen) atoms. The van der Waals surface area contributed by atoms with Crippen molar-refractivity contribution >= 4 is 17.3 Å². The Bertz CT molecular complexity index is 575. The second-order valence-electron chi connectivity index (χ2n) is 4.59. The van der Waals surface area contributed by atoms with Gasteiger partial charge in [-0.1, -0.05) is 11.2 Å². The molecule has 0 radical (unpaired) electrons. The molecule has 2 N–H and O–H groups in total. The Morgan fingerprint density at radius 3 is 3.00 bits per heavy atom. The molecule has 0 spiro atoms. The highest BCUT2D eigenvalue weighted by Crippen LogP contribution is 2.32. The number of hydrogen-bond acceptors (Lipinski definition) is 6. The van der Waals surface area contributed by atoms with Crippen molar-refractivity contribution in [2.24, 2.45) is 0 Å². The Labute approximate surface area is 113 Å². The second kappa shape index (κ2) is 4.75. The molecule has 0 aliphatic heterocycles. The molecular weight excluding hydrogens is 266 g/mol. The maximum Gasteiger partial charge on any atom is 0.323 e. The SMILES string of the molecule is O=C(O)C1(NCc2noc(-c3cccs3)n2)CCC1. The van der Waals surface area contributed by atoms with E-state index in [9.17, 15) is 9.90 Å². The third-order valence-electron chi connectivity index (χ3n) is 3.40. The van der Waals surface area contributed by atoms with Crippen LogP contribution in [0.5, 0.6) is 0 Å². The molecule has 1 fully saturated rings. The van der Waals surface area contributed by atoms with Crippen LogP contribution in [0, 0.1) is 0 Å². The summed E-state index contributed by atoms with van der Waals surface area (Å²) < 4.78 is 5.15. The summed E-state index contributed by atoms with van der Waals surface area (Å²) in [5.74, 6) is 0.154. The average Bonchev–Trinajstić information content (AvgIpc) is 2.97. The number of thiophene rings is 1.